The Morgan fingerprint density at radius 2 is 1.00 bits per heavy atom. The predicted molar refractivity (Wildman–Crippen MR) is 268 cm³/mol. The summed E-state index contributed by atoms with van der Waals surface area (Å²) in [6.07, 6.45) is 25.2. The molecule has 0 radical (unpaired) electrons. The molecule has 0 aliphatic heterocycles. The highest BCUT2D eigenvalue weighted by Crippen LogP contribution is 2.65. The van der Waals surface area contributed by atoms with Crippen LogP contribution in [0.4, 0.5) is 0 Å². The molecule has 4 fully saturated rings. The van der Waals surface area contributed by atoms with Crippen LogP contribution in [-0.2, 0) is 0 Å². The first-order valence-corrected chi connectivity index (χ1v) is 18.5. The van der Waals surface area contributed by atoms with Gasteiger partial charge in [0.15, 0.2) is 0 Å². The van der Waals surface area contributed by atoms with Crippen molar-refractivity contribution < 1.29 is 41.6 Å². The minimum Gasteiger partial charge on any atom is -0.390 e. The Morgan fingerprint density at radius 1 is 0.582 bits per heavy atom. The van der Waals surface area contributed by atoms with Gasteiger partial charge in [-0.15, -0.1) is 12.8 Å². The third kappa shape index (κ3) is 16.1. The van der Waals surface area contributed by atoms with E-state index in [2.05, 4.69) is 156 Å². The van der Waals surface area contributed by atoms with Gasteiger partial charge in [-0.2, -0.15) is 0 Å². The molecule has 4 aliphatic rings. The zero-order valence-electron chi connectivity index (χ0n) is 32.3. The van der Waals surface area contributed by atoms with Gasteiger partial charge in [0.25, 0.3) is 0 Å². The molecule has 4 saturated carbocycles. The Kier molecular flexibility index (Phi) is 19.8. The van der Waals surface area contributed by atoms with Gasteiger partial charge in [0, 0.05) is 88.7 Å². The van der Waals surface area contributed by atoms with Crippen LogP contribution in [0.5, 0.6) is 0 Å². The van der Waals surface area contributed by atoms with Crippen LogP contribution in [0.1, 0.15) is 136 Å². The second-order valence-electron chi connectivity index (χ2n) is 15.2. The molecule has 4 aliphatic carbocycles. The van der Waals surface area contributed by atoms with Crippen LogP contribution >= 0.6 is 0 Å². The van der Waals surface area contributed by atoms with Crippen LogP contribution in [0.2, 0.25) is 0 Å². The van der Waals surface area contributed by atoms with Gasteiger partial charge in [0.1, 0.15) is 0 Å². The van der Waals surface area contributed by atoms with Crippen LogP contribution in [0.25, 0.3) is 0 Å². The van der Waals surface area contributed by atoms with Gasteiger partial charge in [-0.3, -0.25) is 0 Å². The van der Waals surface area contributed by atoms with Crippen molar-refractivity contribution in [3.63, 3.8) is 0 Å². The van der Waals surface area contributed by atoms with Crippen molar-refractivity contribution in [3.05, 3.63) is 9.93 Å². The van der Waals surface area contributed by atoms with E-state index in [9.17, 15) is 10.2 Å². The minimum absolute atomic E-state index is 0. The Balaban J connectivity index is -0.0000000325. The van der Waals surface area contributed by atoms with Crippen molar-refractivity contribution in [2.75, 3.05) is 0 Å². The topological polar surface area (TPSA) is 74.6 Å². The zero-order valence-corrected chi connectivity index (χ0v) is 32.3. The molecule has 4 rings (SSSR count). The maximum Gasteiger partial charge on any atom is 0.0622 e. The van der Waals surface area contributed by atoms with Gasteiger partial charge in [-0.05, 0) is 227 Å². The van der Waals surface area contributed by atoms with Crippen LogP contribution in [0.15, 0.2) is 0 Å². The lowest BCUT2D eigenvalue weighted by molar-refractivity contribution is -0.100. The van der Waals surface area contributed by atoms with E-state index in [1.54, 1.807) is 0 Å². The van der Waals surface area contributed by atoms with Gasteiger partial charge < -0.3 is 10.2 Å². The summed E-state index contributed by atoms with van der Waals surface area (Å²) in [6, 6.07) is 0. The molecule has 0 amide bonds. The van der Waals surface area contributed by atoms with Gasteiger partial charge in [0.2, 0.25) is 0 Å². The molecule has 0 spiro atoms. The van der Waals surface area contributed by atoms with E-state index in [1.807, 2.05) is 13.8 Å². The molecule has 0 heterocycles. The fourth-order valence-corrected chi connectivity index (χ4v) is 9.14. The third-order valence-electron chi connectivity index (χ3n) is 11.2. The first-order valence-electron chi connectivity index (χ1n) is 18.5. The first kappa shape index (κ1) is 45.0. The molecular formula is C51H90O4. The van der Waals surface area contributed by atoms with E-state index in [1.165, 1.54) is 57.8 Å². The van der Waals surface area contributed by atoms with Crippen molar-refractivity contribution in [1.29, 1.82) is 0 Å². The smallest absolute Gasteiger partial charge is 0.0622 e. The monoisotopic (exact) mass is 767 g/mol. The number of hydrogen-bond donors (Lipinski definition) is 2. The lowest BCUT2D eigenvalue weighted by atomic mass is 9.49. The molecule has 4 heteroatoms. The molecule has 0 aromatic rings. The van der Waals surface area contributed by atoms with Crippen molar-refractivity contribution in [3.8, 4) is 155 Å². The van der Waals surface area contributed by atoms with Gasteiger partial charge in [0.05, 0.1) is 11.2 Å². The molecule has 0 bridgehead atoms. The highest BCUT2D eigenvalue weighted by molar-refractivity contribution is 5.48. The lowest BCUT2D eigenvalue weighted by Crippen LogP contribution is -2.50. The summed E-state index contributed by atoms with van der Waals surface area (Å²) < 4.78 is 0. The second-order valence-corrected chi connectivity index (χ2v) is 15.2. The highest BCUT2D eigenvalue weighted by Gasteiger charge is 2.57. The summed E-state index contributed by atoms with van der Waals surface area (Å²) in [6.45, 7) is 8.62. The van der Waals surface area contributed by atoms with E-state index in [-0.39, 0.29) is 31.4 Å². The highest BCUT2D eigenvalue weighted by atomic mass is 16.7. The SMILES string of the molecule is C#CC#CC#CC#CC#CC#CC#CC#CC#CC#CC#CC#CC#C.CC(C)(O)CCC[C@H]1CCC2C3CC[C@H]4C[C@@](C)(O)CC[C@@H]4C3CC[C@@]21C.O=O.[HH].[HH].[HH].[HH].[HH].[HH].[HH].[HH].[HH].[HH].[HH].[HH].[HH].[HH].[HH].[HH].[HH].[HH].[HH].[HH].[HH].[HH]. The number of rotatable bonds is 4. The maximum atomic E-state index is 10.6. The quantitative estimate of drug-likeness (QED) is 0.279. The molecule has 0 saturated heterocycles. The Bertz CT molecular complexity index is 2130. The largest absolute Gasteiger partial charge is 0.390 e. The molecule has 55 heavy (non-hydrogen) atoms. The standard InChI is InChI=1S/C26H2.C25H44O2.O2.22H2/c1-3-5-7-9-11-13-15-17-19-21-23-25-26-24-22-20-18-16-14-12-10-8-6-4-2;1-23(2,26)13-5-6-18-8-10-22-21-9-7-17-16-24(3,27)14-11-19(17)20(21)12-15-25(18,22)4;1-2;;;;;;;;;;;;;;;;;;;;;;/h1-2H;17-22,26-27H,5-16H2,1-4H3;;22*1H/t;17-,18-,19-,20?,21?,22?,24-,25+;;;;;;;;;;;;;;;;;;;;;;;/m.0......................./s1. The zero-order chi connectivity index (χ0) is 40.4. The van der Waals surface area contributed by atoms with Crippen molar-refractivity contribution >= 4 is 0 Å². The summed E-state index contributed by atoms with van der Waals surface area (Å²) in [4.78, 5) is 14.0. The Morgan fingerprint density at radius 3 is 1.42 bits per heavy atom. The average molecular weight is 767 g/mol. The molecule has 3 unspecified atom stereocenters. The van der Waals surface area contributed by atoms with E-state index in [0.717, 1.165) is 54.8 Å². The molecule has 318 valence electrons. The maximum absolute atomic E-state index is 10.6. The molecule has 0 aromatic carbocycles. The van der Waals surface area contributed by atoms with Crippen molar-refractivity contribution in [1.82, 2.24) is 0 Å². The molecule has 4 nitrogen and oxygen atoms in total. The molecule has 0 aromatic heterocycles. The summed E-state index contributed by atoms with van der Waals surface area (Å²) in [5.41, 5.74) is -0.332. The normalized spacial score (nSPS) is 26.4. The number of terminal acetylenes is 2. The number of aliphatic hydroxyl groups is 2. The van der Waals surface area contributed by atoms with E-state index >= 15 is 0 Å². The summed E-state index contributed by atoms with van der Waals surface area (Å²) >= 11 is 0. The summed E-state index contributed by atoms with van der Waals surface area (Å²) in [5, 5.41) is 20.6. The van der Waals surface area contributed by atoms with Crippen LogP contribution in [0.3, 0.4) is 0 Å². The fraction of sp³-hybridized carbons (Fsp3) is 0.490. The second kappa shape index (κ2) is 24.2. The van der Waals surface area contributed by atoms with Gasteiger partial charge in [-0.25, -0.2) is 0 Å². The molecule has 8 atom stereocenters. The van der Waals surface area contributed by atoms with Crippen molar-refractivity contribution in [2.24, 2.45) is 40.9 Å². The summed E-state index contributed by atoms with van der Waals surface area (Å²) in [7, 11) is 0. The van der Waals surface area contributed by atoms with Gasteiger partial charge >= 0.3 is 0 Å². The lowest BCUT2D eigenvalue weighted by Gasteiger charge is -2.57. The van der Waals surface area contributed by atoms with E-state index in [0.29, 0.717) is 5.41 Å². The fourth-order valence-electron chi connectivity index (χ4n) is 9.14. The van der Waals surface area contributed by atoms with Crippen LogP contribution < -0.4 is 0 Å². The Hall–Kier alpha value is -6.20. The number of hydrogen-bond acceptors (Lipinski definition) is 4. The van der Waals surface area contributed by atoms with Crippen LogP contribution in [0, 0.1) is 206 Å². The van der Waals surface area contributed by atoms with E-state index < -0.39 is 11.2 Å². The summed E-state index contributed by atoms with van der Waals surface area (Å²) in [5.74, 6) is 63.6. The van der Waals surface area contributed by atoms with Crippen molar-refractivity contribution in [2.45, 2.75) is 116 Å². The predicted octanol–water partition coefficient (Wildman–Crippen LogP) is 11.7. The number of fused-ring (bicyclic) bond motifs is 5. The average Bonchev–Trinajstić information content (AvgIpc) is 3.49. The third-order valence-corrected chi connectivity index (χ3v) is 11.2. The first-order chi connectivity index (χ1) is 26.5. The molecule has 2 N–H and O–H groups in total. The van der Waals surface area contributed by atoms with Crippen LogP contribution in [-0.4, -0.2) is 21.4 Å². The Labute approximate surface area is 363 Å². The van der Waals surface area contributed by atoms with Gasteiger partial charge in [-0.1, -0.05) is 13.3 Å². The molecular weight excluding hydrogens is 677 g/mol. The van der Waals surface area contributed by atoms with E-state index in [4.69, 9.17) is 22.8 Å². The minimum atomic E-state index is -0.503.